The summed E-state index contributed by atoms with van der Waals surface area (Å²) in [5.41, 5.74) is 13.9. The lowest BCUT2D eigenvalue weighted by molar-refractivity contribution is 0.306. The number of nitrogens with two attached hydrogens (primary N) is 1. The summed E-state index contributed by atoms with van der Waals surface area (Å²) >= 11 is 0. The van der Waals surface area contributed by atoms with Crippen LogP contribution >= 0.6 is 0 Å². The van der Waals surface area contributed by atoms with Crippen molar-refractivity contribution in [2.24, 2.45) is 5.92 Å². The van der Waals surface area contributed by atoms with Gasteiger partial charge in [-0.05, 0) is 61.2 Å². The number of benzene rings is 1. The number of anilines is 1. The van der Waals surface area contributed by atoms with Crippen molar-refractivity contribution in [2.45, 2.75) is 32.6 Å². The Morgan fingerprint density at radius 3 is 2.72 bits per heavy atom. The van der Waals surface area contributed by atoms with E-state index in [0.717, 1.165) is 31.6 Å². The minimum Gasteiger partial charge on any atom is -0.382 e. The molecule has 150 valence electrons. The van der Waals surface area contributed by atoms with Crippen molar-refractivity contribution in [3.8, 4) is 0 Å². The second-order valence-corrected chi connectivity index (χ2v) is 8.28. The minimum absolute atomic E-state index is 0.196. The smallest absolute Gasteiger partial charge is 0.146 e. The number of aromatic nitrogens is 2. The number of fused-ring (bicyclic) bond motifs is 1. The number of hydrogen-bond donors (Lipinski definition) is 1. The zero-order valence-corrected chi connectivity index (χ0v) is 17.6. The van der Waals surface area contributed by atoms with Crippen LogP contribution in [0.4, 0.5) is 5.82 Å². The molecule has 1 saturated heterocycles. The van der Waals surface area contributed by atoms with Crippen LogP contribution in [0.3, 0.4) is 0 Å². The van der Waals surface area contributed by atoms with E-state index < -0.39 is 0 Å². The second kappa shape index (κ2) is 8.34. The molecule has 4 nitrogen and oxygen atoms in total. The Balaban J connectivity index is 1.65. The van der Waals surface area contributed by atoms with Crippen molar-refractivity contribution in [2.75, 3.05) is 25.9 Å². The van der Waals surface area contributed by atoms with Crippen LogP contribution in [-0.4, -0.2) is 35.2 Å². The van der Waals surface area contributed by atoms with Gasteiger partial charge in [-0.3, -0.25) is 0 Å². The van der Waals surface area contributed by atoms with Crippen LogP contribution in [0.2, 0.25) is 0 Å². The Hall–Kier alpha value is -2.72. The molecule has 2 unspecified atom stereocenters. The molecule has 4 heteroatoms. The van der Waals surface area contributed by atoms with Gasteiger partial charge in [0.2, 0.25) is 0 Å². The van der Waals surface area contributed by atoms with Crippen molar-refractivity contribution in [1.82, 2.24) is 15.1 Å². The van der Waals surface area contributed by atoms with Crippen molar-refractivity contribution in [3.05, 3.63) is 82.1 Å². The Labute approximate surface area is 173 Å². The van der Waals surface area contributed by atoms with Gasteiger partial charge in [-0.15, -0.1) is 5.10 Å². The number of allylic oxidation sites excluding steroid dienone is 2. The van der Waals surface area contributed by atoms with E-state index in [-0.39, 0.29) is 5.92 Å². The number of nitrogens with zero attached hydrogens (tertiary/aromatic N) is 3. The molecule has 0 bridgehead atoms. The summed E-state index contributed by atoms with van der Waals surface area (Å²) in [4.78, 5) is 2.44. The molecule has 4 rings (SSSR count). The maximum absolute atomic E-state index is 5.70. The van der Waals surface area contributed by atoms with Crippen LogP contribution in [0.15, 0.2) is 65.3 Å². The van der Waals surface area contributed by atoms with E-state index in [1.165, 1.54) is 22.3 Å². The van der Waals surface area contributed by atoms with E-state index >= 15 is 0 Å². The third-order valence-electron chi connectivity index (χ3n) is 6.14. The molecule has 0 spiro atoms. The zero-order chi connectivity index (χ0) is 20.4. The average molecular weight is 387 g/mol. The first-order valence-corrected chi connectivity index (χ1v) is 10.5. The van der Waals surface area contributed by atoms with Crippen LogP contribution in [0.1, 0.15) is 43.0 Å². The Kier molecular flexibility index (Phi) is 5.63. The molecule has 2 aliphatic rings. The average Bonchev–Trinajstić information content (AvgIpc) is 2.73. The van der Waals surface area contributed by atoms with Gasteiger partial charge in [0.1, 0.15) is 5.82 Å². The first kappa shape index (κ1) is 19.6. The molecule has 1 fully saturated rings. The van der Waals surface area contributed by atoms with Gasteiger partial charge in [-0.25, -0.2) is 0 Å². The van der Waals surface area contributed by atoms with Crippen LogP contribution in [-0.2, 0) is 6.42 Å². The first-order chi connectivity index (χ1) is 14.0. The summed E-state index contributed by atoms with van der Waals surface area (Å²) in [6.07, 6.45) is 9.37. The van der Waals surface area contributed by atoms with E-state index in [0.29, 0.717) is 11.7 Å². The normalized spacial score (nSPS) is 23.7. The fourth-order valence-corrected chi connectivity index (χ4v) is 4.64. The van der Waals surface area contributed by atoms with Gasteiger partial charge in [0.25, 0.3) is 0 Å². The summed E-state index contributed by atoms with van der Waals surface area (Å²) in [7, 11) is 2.22. The lowest BCUT2D eigenvalue weighted by Crippen LogP contribution is -2.36. The molecule has 0 radical (unpaired) electrons. The van der Waals surface area contributed by atoms with Gasteiger partial charge >= 0.3 is 0 Å². The Bertz CT molecular complexity index is 969. The number of nitrogen functional groups attached to an aromatic ring is 1. The summed E-state index contributed by atoms with van der Waals surface area (Å²) in [6.45, 7) is 6.39. The third-order valence-corrected chi connectivity index (χ3v) is 6.14. The van der Waals surface area contributed by atoms with Crippen molar-refractivity contribution in [1.29, 1.82) is 0 Å². The van der Waals surface area contributed by atoms with Gasteiger partial charge in [0.05, 0.1) is 5.69 Å². The molecular formula is C25H30N4. The van der Waals surface area contributed by atoms with Crippen LogP contribution in [0, 0.1) is 5.92 Å². The predicted molar refractivity (Wildman–Crippen MR) is 120 cm³/mol. The molecule has 1 aromatic heterocycles. The largest absolute Gasteiger partial charge is 0.382 e. The monoisotopic (exact) mass is 386 g/mol. The van der Waals surface area contributed by atoms with E-state index in [4.69, 9.17) is 5.73 Å². The van der Waals surface area contributed by atoms with E-state index in [1.54, 1.807) is 5.57 Å². The highest BCUT2D eigenvalue weighted by atomic mass is 15.1. The molecule has 0 saturated carbocycles. The van der Waals surface area contributed by atoms with E-state index in [2.05, 4.69) is 78.5 Å². The molecular weight excluding hydrogens is 356 g/mol. The van der Waals surface area contributed by atoms with Crippen molar-refractivity contribution >= 4 is 11.9 Å². The zero-order valence-electron chi connectivity index (χ0n) is 17.6. The number of hydrogen-bond acceptors (Lipinski definition) is 4. The van der Waals surface area contributed by atoms with Gasteiger partial charge in [-0.2, -0.15) is 5.10 Å². The predicted octanol–water partition coefficient (Wildman–Crippen LogP) is 4.63. The molecule has 29 heavy (non-hydrogen) atoms. The minimum atomic E-state index is 0.196. The number of likely N-dealkylation sites (tertiary alicyclic amines) is 1. The molecule has 1 aromatic carbocycles. The highest BCUT2D eigenvalue weighted by Gasteiger charge is 2.29. The highest BCUT2D eigenvalue weighted by Crippen LogP contribution is 2.38. The molecule has 2 atom stereocenters. The summed E-state index contributed by atoms with van der Waals surface area (Å²) in [5.74, 6) is 1.11. The van der Waals surface area contributed by atoms with Gasteiger partial charge in [0.15, 0.2) is 0 Å². The fraction of sp³-hybridized carbons (Fsp3) is 0.360. The van der Waals surface area contributed by atoms with Gasteiger partial charge in [0, 0.05) is 24.9 Å². The summed E-state index contributed by atoms with van der Waals surface area (Å²) in [6, 6.07) is 12.6. The molecule has 2 heterocycles. The lowest BCUT2D eigenvalue weighted by atomic mass is 9.77. The maximum Gasteiger partial charge on any atom is 0.146 e. The van der Waals surface area contributed by atoms with E-state index in [9.17, 15) is 0 Å². The number of piperidine rings is 1. The molecule has 1 aliphatic carbocycles. The van der Waals surface area contributed by atoms with Gasteiger partial charge in [-0.1, -0.05) is 55.0 Å². The number of rotatable bonds is 3. The Morgan fingerprint density at radius 1 is 1.14 bits per heavy atom. The highest BCUT2D eigenvalue weighted by molar-refractivity contribution is 5.62. The molecule has 2 aromatic rings. The van der Waals surface area contributed by atoms with Crippen molar-refractivity contribution < 1.29 is 0 Å². The van der Waals surface area contributed by atoms with Crippen molar-refractivity contribution in [3.63, 3.8) is 0 Å². The molecule has 2 N–H and O–H groups in total. The third kappa shape index (κ3) is 4.18. The van der Waals surface area contributed by atoms with Gasteiger partial charge < -0.3 is 10.6 Å². The molecule has 0 amide bonds. The Morgan fingerprint density at radius 2 is 1.97 bits per heavy atom. The maximum atomic E-state index is 5.70. The fourth-order valence-electron chi connectivity index (χ4n) is 4.64. The summed E-state index contributed by atoms with van der Waals surface area (Å²) in [5, 5.41) is 8.30. The van der Waals surface area contributed by atoms with Crippen LogP contribution in [0.5, 0.6) is 0 Å². The number of aryl methyl sites for hydroxylation is 1. The number of likely N-dealkylation sites (N-methyl/N-ethyl adjacent to an activating group) is 1. The second-order valence-electron chi connectivity index (χ2n) is 8.28. The van der Waals surface area contributed by atoms with Crippen LogP contribution < -0.4 is 5.73 Å². The van der Waals surface area contributed by atoms with E-state index in [1.807, 2.05) is 12.1 Å². The standard InChI is InChI=1S/C25H30N4/c1-4-22-21(13-17(2)24-11-12-25(26)28-27-24)15-29(3)16-23(22)20-10-9-18-7-5-6-8-19(18)14-20/h4-8,11-14,17,23H,9-10,15-16H2,1-3H3,(H2,26,28)/b21-13-,22-4?. The SMILES string of the molecule is CC=C1/C(=C\C(C)c2ccc(N)nn2)CN(C)CC1C1=Cc2ccccc2CC1. The topological polar surface area (TPSA) is 55.0 Å². The first-order valence-electron chi connectivity index (χ1n) is 10.5. The molecule has 1 aliphatic heterocycles. The lowest BCUT2D eigenvalue weighted by Gasteiger charge is -2.37. The summed E-state index contributed by atoms with van der Waals surface area (Å²) < 4.78 is 0. The quantitative estimate of drug-likeness (QED) is 0.836. The van der Waals surface area contributed by atoms with Crippen LogP contribution in [0.25, 0.3) is 6.08 Å².